The lowest BCUT2D eigenvalue weighted by molar-refractivity contribution is 0.0781. The molecule has 0 unspecified atom stereocenters. The fourth-order valence-electron chi connectivity index (χ4n) is 3.99. The van der Waals surface area contributed by atoms with E-state index in [-0.39, 0.29) is 5.91 Å². The maximum Gasteiger partial charge on any atom is 0.255 e. The van der Waals surface area contributed by atoms with Gasteiger partial charge in [-0.2, -0.15) is 5.10 Å². The number of hydrogen-bond acceptors (Lipinski definition) is 5. The quantitative estimate of drug-likeness (QED) is 0.258. The number of pyridine rings is 1. The third-order valence-corrected chi connectivity index (χ3v) is 7.00. The Hall–Kier alpha value is -4.36. The molecule has 0 radical (unpaired) electrons. The number of rotatable bonds is 8. The summed E-state index contributed by atoms with van der Waals surface area (Å²) in [5, 5.41) is 8.61. The number of methoxy groups -OCH3 is 1. The first-order valence-electron chi connectivity index (χ1n) is 11.8. The molecule has 0 bridgehead atoms. The van der Waals surface area contributed by atoms with E-state index >= 15 is 0 Å². The molecular weight excluding hydrogens is 480 g/mol. The highest BCUT2D eigenvalue weighted by Gasteiger charge is 2.17. The maximum absolute atomic E-state index is 13.3. The van der Waals surface area contributed by atoms with Gasteiger partial charge in [-0.1, -0.05) is 42.1 Å². The number of H-pyrrole nitrogens is 1. The lowest BCUT2D eigenvalue weighted by Gasteiger charge is -2.19. The molecule has 37 heavy (non-hydrogen) atoms. The van der Waals surface area contributed by atoms with Gasteiger partial charge in [0.1, 0.15) is 5.75 Å². The zero-order valence-corrected chi connectivity index (χ0v) is 21.4. The molecule has 3 aromatic carbocycles. The lowest BCUT2D eigenvalue weighted by Crippen LogP contribution is -2.26. The molecule has 2 heterocycles. The Bertz CT molecular complexity index is 1550. The minimum absolute atomic E-state index is 0.0246. The van der Waals surface area contributed by atoms with Crippen molar-refractivity contribution in [1.29, 1.82) is 0 Å². The van der Waals surface area contributed by atoms with E-state index in [2.05, 4.69) is 33.4 Å². The number of ether oxygens (including phenoxy) is 1. The van der Waals surface area contributed by atoms with E-state index in [1.807, 2.05) is 85.9 Å². The van der Waals surface area contributed by atoms with Gasteiger partial charge in [-0.3, -0.25) is 14.9 Å². The van der Waals surface area contributed by atoms with Gasteiger partial charge in [0, 0.05) is 35.0 Å². The van der Waals surface area contributed by atoms with Gasteiger partial charge in [-0.15, -0.1) is 0 Å². The Morgan fingerprint density at radius 2 is 1.81 bits per heavy atom. The van der Waals surface area contributed by atoms with Crippen LogP contribution < -0.4 is 4.74 Å². The van der Waals surface area contributed by atoms with E-state index in [4.69, 9.17) is 4.74 Å². The largest absolute Gasteiger partial charge is 0.497 e. The molecule has 5 rings (SSSR count). The SMILES string of the molecule is COc1ccc(CN(C)C(=O)c2ccccc2Sc2ccc3c(/C=C/c4ccccn4)n[nH]c3c2)cc1. The predicted octanol–water partition coefficient (Wildman–Crippen LogP) is 6.56. The van der Waals surface area contributed by atoms with Gasteiger partial charge in [-0.25, -0.2) is 0 Å². The minimum Gasteiger partial charge on any atom is -0.497 e. The summed E-state index contributed by atoms with van der Waals surface area (Å²) in [6, 6.07) is 27.5. The number of carbonyl (C=O) groups excluding carboxylic acids is 1. The number of aromatic amines is 1. The Labute approximate surface area is 220 Å². The van der Waals surface area contributed by atoms with Gasteiger partial charge >= 0.3 is 0 Å². The zero-order valence-electron chi connectivity index (χ0n) is 20.6. The molecule has 0 fully saturated rings. The van der Waals surface area contributed by atoms with Crippen LogP contribution in [0, 0.1) is 0 Å². The Balaban J connectivity index is 1.32. The summed E-state index contributed by atoms with van der Waals surface area (Å²) in [5.41, 5.74) is 4.38. The van der Waals surface area contributed by atoms with Crippen LogP contribution in [0.25, 0.3) is 23.1 Å². The van der Waals surface area contributed by atoms with Gasteiger partial charge in [0.2, 0.25) is 0 Å². The molecule has 0 aliphatic rings. The standard InChI is InChI=1S/C30H26N4O2S/c1-34(20-21-10-13-23(36-2)14-11-21)30(35)26-8-3-4-9-29(26)37-24-15-16-25-27(32-33-28(25)19-24)17-12-22-7-5-6-18-31-22/h3-19H,20H2,1-2H3,(H,32,33)/b17-12+. The van der Waals surface area contributed by atoms with Crippen molar-refractivity contribution in [3.05, 3.63) is 114 Å². The molecular formula is C30H26N4O2S. The number of aromatic nitrogens is 3. The first kappa shape index (κ1) is 24.3. The molecule has 5 aromatic rings. The highest BCUT2D eigenvalue weighted by molar-refractivity contribution is 7.99. The molecule has 7 heteroatoms. The average molecular weight is 507 g/mol. The maximum atomic E-state index is 13.3. The number of nitrogens with one attached hydrogen (secondary N) is 1. The molecule has 0 aliphatic carbocycles. The lowest BCUT2D eigenvalue weighted by atomic mass is 10.1. The van der Waals surface area contributed by atoms with E-state index in [1.54, 1.807) is 30.0 Å². The summed E-state index contributed by atoms with van der Waals surface area (Å²) in [5.74, 6) is 0.772. The van der Waals surface area contributed by atoms with Crippen molar-refractivity contribution in [2.45, 2.75) is 16.3 Å². The molecule has 0 saturated carbocycles. The first-order valence-corrected chi connectivity index (χ1v) is 12.6. The average Bonchev–Trinajstić information content (AvgIpc) is 3.35. The van der Waals surface area contributed by atoms with Crippen LogP contribution in [0.15, 0.2) is 101 Å². The van der Waals surface area contributed by atoms with Gasteiger partial charge in [0.15, 0.2) is 0 Å². The molecule has 6 nitrogen and oxygen atoms in total. The van der Waals surface area contributed by atoms with Crippen molar-refractivity contribution >= 4 is 40.7 Å². The van der Waals surface area contributed by atoms with Crippen LogP contribution >= 0.6 is 11.8 Å². The van der Waals surface area contributed by atoms with Crippen LogP contribution in [0.5, 0.6) is 5.75 Å². The third-order valence-electron chi connectivity index (χ3n) is 5.93. The van der Waals surface area contributed by atoms with Crippen molar-refractivity contribution in [3.63, 3.8) is 0 Å². The van der Waals surface area contributed by atoms with Crippen LogP contribution in [0.1, 0.15) is 27.3 Å². The van der Waals surface area contributed by atoms with Crippen molar-refractivity contribution in [2.24, 2.45) is 0 Å². The molecule has 0 saturated heterocycles. The number of carbonyl (C=O) groups is 1. The monoisotopic (exact) mass is 506 g/mol. The minimum atomic E-state index is -0.0246. The van der Waals surface area contributed by atoms with Crippen LogP contribution in [0.4, 0.5) is 0 Å². The summed E-state index contributed by atoms with van der Waals surface area (Å²) >= 11 is 1.57. The number of hydrogen-bond donors (Lipinski definition) is 1. The Morgan fingerprint density at radius 3 is 2.59 bits per heavy atom. The van der Waals surface area contributed by atoms with Crippen molar-refractivity contribution in [1.82, 2.24) is 20.1 Å². The van der Waals surface area contributed by atoms with E-state index in [1.165, 1.54) is 0 Å². The highest BCUT2D eigenvalue weighted by Crippen LogP contribution is 2.33. The van der Waals surface area contributed by atoms with Gasteiger partial charge in [-0.05, 0) is 72.3 Å². The molecule has 0 aliphatic heterocycles. The fraction of sp³-hybridized carbons (Fsp3) is 0.100. The Morgan fingerprint density at radius 1 is 1.00 bits per heavy atom. The smallest absolute Gasteiger partial charge is 0.255 e. The summed E-state index contributed by atoms with van der Waals surface area (Å²) in [7, 11) is 3.47. The number of nitrogens with zero attached hydrogens (tertiary/aromatic N) is 3. The third kappa shape index (κ3) is 5.73. The second kappa shape index (κ2) is 11.1. The van der Waals surface area contributed by atoms with Crippen molar-refractivity contribution < 1.29 is 9.53 Å². The predicted molar refractivity (Wildman–Crippen MR) is 149 cm³/mol. The van der Waals surface area contributed by atoms with E-state index in [0.717, 1.165) is 43.4 Å². The summed E-state index contributed by atoms with van der Waals surface area (Å²) in [6.45, 7) is 0.511. The normalized spacial score (nSPS) is 11.2. The van der Waals surface area contributed by atoms with Gasteiger partial charge < -0.3 is 9.64 Å². The van der Waals surface area contributed by atoms with Crippen LogP contribution in [0.3, 0.4) is 0 Å². The zero-order chi connectivity index (χ0) is 25.6. The second-order valence-corrected chi connectivity index (χ2v) is 9.63. The topological polar surface area (TPSA) is 71.1 Å². The molecule has 184 valence electrons. The molecule has 0 atom stereocenters. The molecule has 0 spiro atoms. The van der Waals surface area contributed by atoms with E-state index in [9.17, 15) is 4.79 Å². The molecule has 1 N–H and O–H groups in total. The van der Waals surface area contributed by atoms with Crippen molar-refractivity contribution in [2.75, 3.05) is 14.2 Å². The van der Waals surface area contributed by atoms with Crippen molar-refractivity contribution in [3.8, 4) is 5.75 Å². The molecule has 2 aromatic heterocycles. The number of benzene rings is 3. The summed E-state index contributed by atoms with van der Waals surface area (Å²) in [4.78, 5) is 21.3. The fourth-order valence-corrected chi connectivity index (χ4v) is 4.97. The van der Waals surface area contributed by atoms with Gasteiger partial charge in [0.05, 0.1) is 29.6 Å². The number of fused-ring (bicyclic) bond motifs is 1. The molecule has 1 amide bonds. The Kier molecular flexibility index (Phi) is 7.33. The second-order valence-electron chi connectivity index (χ2n) is 8.51. The van der Waals surface area contributed by atoms with E-state index in [0.29, 0.717) is 12.1 Å². The summed E-state index contributed by atoms with van der Waals surface area (Å²) < 4.78 is 5.23. The van der Waals surface area contributed by atoms with Crippen LogP contribution in [-0.2, 0) is 6.54 Å². The van der Waals surface area contributed by atoms with Crippen LogP contribution in [0.2, 0.25) is 0 Å². The van der Waals surface area contributed by atoms with Crippen LogP contribution in [-0.4, -0.2) is 40.1 Å². The van der Waals surface area contributed by atoms with E-state index < -0.39 is 0 Å². The van der Waals surface area contributed by atoms with Gasteiger partial charge in [0.25, 0.3) is 5.91 Å². The number of amides is 1. The summed E-state index contributed by atoms with van der Waals surface area (Å²) in [6.07, 6.45) is 5.68. The highest BCUT2D eigenvalue weighted by atomic mass is 32.2. The first-order chi connectivity index (χ1) is 18.1.